The lowest BCUT2D eigenvalue weighted by Gasteiger charge is -2.25. The molecule has 4 nitrogen and oxygen atoms in total. The van der Waals surface area contributed by atoms with E-state index in [9.17, 15) is 4.79 Å². The fraction of sp³-hybridized carbons (Fsp3) is 0.667. The van der Waals surface area contributed by atoms with Gasteiger partial charge in [-0.2, -0.15) is 0 Å². The number of aryl methyl sites for hydroxylation is 1. The molecule has 1 fully saturated rings. The zero-order chi connectivity index (χ0) is 13.7. The number of nitrogens with zero attached hydrogens (tertiary/aromatic N) is 1. The minimum Gasteiger partial charge on any atom is -0.466 e. The van der Waals surface area contributed by atoms with Gasteiger partial charge < -0.3 is 14.6 Å². The van der Waals surface area contributed by atoms with Crippen LogP contribution in [0.4, 0.5) is 0 Å². The highest BCUT2D eigenvalue weighted by Gasteiger charge is 2.18. The number of carbonyl (C=O) groups is 1. The second kappa shape index (κ2) is 6.75. The number of piperidine rings is 1. The molecule has 1 aromatic heterocycles. The molecule has 0 aromatic carbocycles. The van der Waals surface area contributed by atoms with Gasteiger partial charge in [-0.3, -0.25) is 4.79 Å². The largest absolute Gasteiger partial charge is 0.466 e. The lowest BCUT2D eigenvalue weighted by molar-refractivity contribution is -0.130. The molecule has 1 atom stereocenters. The lowest BCUT2D eigenvalue weighted by Crippen LogP contribution is -2.39. The highest BCUT2D eigenvalue weighted by Crippen LogP contribution is 2.12. The molecule has 0 saturated carbocycles. The van der Waals surface area contributed by atoms with Gasteiger partial charge in [-0.1, -0.05) is 6.42 Å². The van der Waals surface area contributed by atoms with E-state index in [2.05, 4.69) is 5.32 Å². The Morgan fingerprint density at radius 2 is 2.32 bits per heavy atom. The van der Waals surface area contributed by atoms with Crippen LogP contribution in [0, 0.1) is 6.92 Å². The van der Waals surface area contributed by atoms with Crippen molar-refractivity contribution in [2.24, 2.45) is 0 Å². The molecule has 106 valence electrons. The van der Waals surface area contributed by atoms with E-state index in [0.29, 0.717) is 12.5 Å². The average Bonchev–Trinajstić information content (AvgIpc) is 2.83. The van der Waals surface area contributed by atoms with Gasteiger partial charge in [0.15, 0.2) is 0 Å². The molecule has 1 N–H and O–H groups in total. The Balaban J connectivity index is 1.72. The zero-order valence-electron chi connectivity index (χ0n) is 11.9. The quantitative estimate of drug-likeness (QED) is 0.886. The average molecular weight is 264 g/mol. The Morgan fingerprint density at radius 1 is 1.47 bits per heavy atom. The summed E-state index contributed by atoms with van der Waals surface area (Å²) >= 11 is 0. The molecule has 1 aliphatic heterocycles. The number of amides is 1. The lowest BCUT2D eigenvalue weighted by atomic mass is 10.0. The van der Waals surface area contributed by atoms with Gasteiger partial charge in [-0.25, -0.2) is 0 Å². The number of rotatable bonds is 5. The van der Waals surface area contributed by atoms with Gasteiger partial charge in [0.25, 0.3) is 0 Å². The van der Waals surface area contributed by atoms with E-state index in [0.717, 1.165) is 37.5 Å². The third kappa shape index (κ3) is 4.39. The van der Waals surface area contributed by atoms with Crippen molar-refractivity contribution < 1.29 is 9.21 Å². The molecular formula is C15H24N2O2. The Labute approximate surface area is 115 Å². The molecule has 1 saturated heterocycles. The molecule has 2 rings (SSSR count). The standard InChI is InChI=1S/C15H24N2O2/c1-12-6-7-14(19-12)8-10-17(2)15(18)11-13-5-3-4-9-16-13/h6-7,13,16H,3-5,8-11H2,1-2H3. The van der Waals surface area contributed by atoms with Crippen LogP contribution in [-0.2, 0) is 11.2 Å². The van der Waals surface area contributed by atoms with Gasteiger partial charge in [-0.15, -0.1) is 0 Å². The van der Waals surface area contributed by atoms with Crippen LogP contribution in [0.1, 0.15) is 37.2 Å². The smallest absolute Gasteiger partial charge is 0.223 e. The number of nitrogens with one attached hydrogen (secondary N) is 1. The van der Waals surface area contributed by atoms with E-state index in [1.807, 2.05) is 31.0 Å². The maximum atomic E-state index is 12.1. The Hall–Kier alpha value is -1.29. The molecule has 19 heavy (non-hydrogen) atoms. The highest BCUT2D eigenvalue weighted by molar-refractivity contribution is 5.76. The van der Waals surface area contributed by atoms with Crippen LogP contribution < -0.4 is 5.32 Å². The van der Waals surface area contributed by atoms with Gasteiger partial charge in [0, 0.05) is 32.5 Å². The number of likely N-dealkylation sites (N-methyl/N-ethyl adjacent to an activating group) is 1. The van der Waals surface area contributed by atoms with E-state index in [1.54, 1.807) is 0 Å². The topological polar surface area (TPSA) is 45.5 Å². The van der Waals surface area contributed by atoms with Crippen LogP contribution in [0.3, 0.4) is 0 Å². The molecule has 2 heterocycles. The summed E-state index contributed by atoms with van der Waals surface area (Å²) in [6.07, 6.45) is 5.00. The van der Waals surface area contributed by atoms with Crippen LogP contribution in [0.15, 0.2) is 16.5 Å². The molecular weight excluding hydrogens is 240 g/mol. The van der Waals surface area contributed by atoms with Crippen molar-refractivity contribution in [2.75, 3.05) is 20.1 Å². The first-order chi connectivity index (χ1) is 9.15. The van der Waals surface area contributed by atoms with Gasteiger partial charge in [0.1, 0.15) is 11.5 Å². The zero-order valence-corrected chi connectivity index (χ0v) is 11.9. The molecule has 1 aliphatic rings. The SMILES string of the molecule is Cc1ccc(CCN(C)C(=O)CC2CCCCN2)o1. The van der Waals surface area contributed by atoms with Crippen molar-refractivity contribution in [1.29, 1.82) is 0 Å². The molecule has 4 heteroatoms. The van der Waals surface area contributed by atoms with Crippen molar-refractivity contribution in [3.05, 3.63) is 23.7 Å². The van der Waals surface area contributed by atoms with Crippen LogP contribution in [0.25, 0.3) is 0 Å². The van der Waals surface area contributed by atoms with Gasteiger partial charge >= 0.3 is 0 Å². The number of hydrogen-bond acceptors (Lipinski definition) is 3. The first-order valence-corrected chi connectivity index (χ1v) is 7.18. The number of carbonyl (C=O) groups excluding carboxylic acids is 1. The summed E-state index contributed by atoms with van der Waals surface area (Å²) in [6, 6.07) is 4.31. The third-order valence-corrected chi connectivity index (χ3v) is 3.75. The minimum atomic E-state index is 0.225. The van der Waals surface area contributed by atoms with E-state index < -0.39 is 0 Å². The van der Waals surface area contributed by atoms with Gasteiger partial charge in [-0.05, 0) is 38.4 Å². The molecule has 1 aromatic rings. The second-order valence-corrected chi connectivity index (χ2v) is 5.43. The summed E-state index contributed by atoms with van der Waals surface area (Å²) in [5.41, 5.74) is 0. The maximum absolute atomic E-state index is 12.1. The van der Waals surface area contributed by atoms with Crippen LogP contribution in [0.2, 0.25) is 0 Å². The van der Waals surface area contributed by atoms with E-state index >= 15 is 0 Å². The Bertz CT molecular complexity index is 408. The molecule has 0 spiro atoms. The monoisotopic (exact) mass is 264 g/mol. The predicted octanol–water partition coefficient (Wildman–Crippen LogP) is 2.12. The van der Waals surface area contributed by atoms with E-state index in [1.165, 1.54) is 12.8 Å². The fourth-order valence-electron chi connectivity index (χ4n) is 2.49. The second-order valence-electron chi connectivity index (χ2n) is 5.43. The Morgan fingerprint density at radius 3 is 2.95 bits per heavy atom. The summed E-state index contributed by atoms with van der Waals surface area (Å²) in [5, 5.41) is 3.42. The minimum absolute atomic E-state index is 0.225. The molecule has 0 aliphatic carbocycles. The summed E-state index contributed by atoms with van der Waals surface area (Å²) in [4.78, 5) is 13.9. The highest BCUT2D eigenvalue weighted by atomic mass is 16.3. The van der Waals surface area contributed by atoms with Crippen LogP contribution >= 0.6 is 0 Å². The van der Waals surface area contributed by atoms with Crippen molar-refractivity contribution in [3.8, 4) is 0 Å². The number of furan rings is 1. The maximum Gasteiger partial charge on any atom is 0.223 e. The molecule has 1 unspecified atom stereocenters. The van der Waals surface area contributed by atoms with E-state index in [4.69, 9.17) is 4.42 Å². The fourth-order valence-corrected chi connectivity index (χ4v) is 2.49. The van der Waals surface area contributed by atoms with Crippen molar-refractivity contribution in [3.63, 3.8) is 0 Å². The summed E-state index contributed by atoms with van der Waals surface area (Å²) in [6.45, 7) is 3.71. The first kappa shape index (κ1) is 14.1. The predicted molar refractivity (Wildman–Crippen MR) is 75.0 cm³/mol. The van der Waals surface area contributed by atoms with E-state index in [-0.39, 0.29) is 5.91 Å². The summed E-state index contributed by atoms with van der Waals surface area (Å²) in [5.74, 6) is 2.10. The number of hydrogen-bond donors (Lipinski definition) is 1. The van der Waals surface area contributed by atoms with Gasteiger partial charge in [0.05, 0.1) is 0 Å². The first-order valence-electron chi connectivity index (χ1n) is 7.18. The summed E-state index contributed by atoms with van der Waals surface area (Å²) in [7, 11) is 1.88. The molecule has 0 bridgehead atoms. The van der Waals surface area contributed by atoms with Gasteiger partial charge in [0.2, 0.25) is 5.91 Å². The Kier molecular flexibility index (Phi) is 5.02. The van der Waals surface area contributed by atoms with Crippen molar-refractivity contribution >= 4 is 5.91 Å². The van der Waals surface area contributed by atoms with Crippen molar-refractivity contribution in [1.82, 2.24) is 10.2 Å². The summed E-state index contributed by atoms with van der Waals surface area (Å²) < 4.78 is 5.51. The molecule has 1 amide bonds. The van der Waals surface area contributed by atoms with Crippen LogP contribution in [0.5, 0.6) is 0 Å². The normalized spacial score (nSPS) is 19.4. The third-order valence-electron chi connectivity index (χ3n) is 3.75. The van der Waals surface area contributed by atoms with Crippen molar-refractivity contribution in [2.45, 2.75) is 45.1 Å². The van der Waals surface area contributed by atoms with Crippen LogP contribution in [-0.4, -0.2) is 37.0 Å². The molecule has 0 radical (unpaired) electrons.